The molecule has 0 N–H and O–H groups in total. The summed E-state index contributed by atoms with van der Waals surface area (Å²) >= 11 is 6.24. The van der Waals surface area contributed by atoms with Crippen LogP contribution in [0.1, 0.15) is 50.5 Å². The highest BCUT2D eigenvalue weighted by Crippen LogP contribution is 2.22. The van der Waals surface area contributed by atoms with Gasteiger partial charge in [-0.25, -0.2) is 4.79 Å². The van der Waals surface area contributed by atoms with Gasteiger partial charge in [-0.15, -0.1) is 0 Å². The summed E-state index contributed by atoms with van der Waals surface area (Å²) in [6.07, 6.45) is 1.38. The second kappa shape index (κ2) is 9.58. The van der Waals surface area contributed by atoms with Crippen molar-refractivity contribution in [3.05, 3.63) is 81.6 Å². The maximum Gasteiger partial charge on any atom is 0.342 e. The van der Waals surface area contributed by atoms with Gasteiger partial charge in [0.2, 0.25) is 5.91 Å². The predicted octanol–water partition coefficient (Wildman–Crippen LogP) is 4.37. The summed E-state index contributed by atoms with van der Waals surface area (Å²) in [5.41, 5.74) is 3.59. The summed E-state index contributed by atoms with van der Waals surface area (Å²) in [6.45, 7) is 4.24. The molecule has 0 atom stereocenters. The van der Waals surface area contributed by atoms with Crippen LogP contribution in [0, 0.1) is 13.8 Å². The first-order chi connectivity index (χ1) is 15.8. The molecule has 170 valence electrons. The summed E-state index contributed by atoms with van der Waals surface area (Å²) < 4.78 is 7.01. The predicted molar refractivity (Wildman–Crippen MR) is 125 cm³/mol. The van der Waals surface area contributed by atoms with Crippen LogP contribution in [0.3, 0.4) is 0 Å². The highest BCUT2D eigenvalue weighted by molar-refractivity contribution is 6.31. The lowest BCUT2D eigenvalue weighted by atomic mass is 10.1. The van der Waals surface area contributed by atoms with Crippen molar-refractivity contribution in [2.24, 2.45) is 0 Å². The Morgan fingerprint density at radius 1 is 1.09 bits per heavy atom. The zero-order valence-corrected chi connectivity index (χ0v) is 19.3. The molecule has 0 saturated carbocycles. The topological polar surface area (TPSA) is 81.5 Å². The molecule has 1 aliphatic heterocycles. The number of aryl methyl sites for hydroxylation is 1. The van der Waals surface area contributed by atoms with Crippen molar-refractivity contribution in [2.75, 3.05) is 18.1 Å². The highest BCUT2D eigenvalue weighted by atomic mass is 35.5. The first kappa shape index (κ1) is 22.7. The van der Waals surface area contributed by atoms with Gasteiger partial charge in [0.05, 0.1) is 17.9 Å². The number of carbonyl (C=O) groups is 3. The van der Waals surface area contributed by atoms with E-state index < -0.39 is 5.97 Å². The number of rotatable bonds is 7. The molecule has 1 amide bonds. The van der Waals surface area contributed by atoms with Gasteiger partial charge in [-0.05, 0) is 56.2 Å². The maximum absolute atomic E-state index is 12.7. The number of amides is 1. The zero-order valence-electron chi connectivity index (χ0n) is 18.5. The molecule has 1 aliphatic rings. The summed E-state index contributed by atoms with van der Waals surface area (Å²) in [4.78, 5) is 38.8. The van der Waals surface area contributed by atoms with Gasteiger partial charge in [0.1, 0.15) is 5.56 Å². The average molecular weight is 466 g/mol. The van der Waals surface area contributed by atoms with Gasteiger partial charge in [-0.3, -0.25) is 14.3 Å². The van der Waals surface area contributed by atoms with E-state index in [1.54, 1.807) is 53.8 Å². The van der Waals surface area contributed by atoms with Gasteiger partial charge in [0.25, 0.3) is 0 Å². The van der Waals surface area contributed by atoms with Crippen LogP contribution in [0.5, 0.6) is 0 Å². The van der Waals surface area contributed by atoms with Crippen molar-refractivity contribution in [1.82, 2.24) is 9.78 Å². The van der Waals surface area contributed by atoms with Crippen LogP contribution >= 0.6 is 11.6 Å². The van der Waals surface area contributed by atoms with Crippen molar-refractivity contribution < 1.29 is 19.1 Å². The first-order valence-corrected chi connectivity index (χ1v) is 11.1. The lowest BCUT2D eigenvalue weighted by molar-refractivity contribution is -0.117. The minimum absolute atomic E-state index is 0.0869. The van der Waals surface area contributed by atoms with E-state index in [-0.39, 0.29) is 18.3 Å². The number of halogens is 1. The molecule has 8 heteroatoms. The Morgan fingerprint density at radius 2 is 1.82 bits per heavy atom. The van der Waals surface area contributed by atoms with Crippen LogP contribution in [0.25, 0.3) is 0 Å². The number of benzene rings is 2. The van der Waals surface area contributed by atoms with Crippen LogP contribution in [0.15, 0.2) is 48.5 Å². The summed E-state index contributed by atoms with van der Waals surface area (Å²) in [7, 11) is 0. The second-order valence-electron chi connectivity index (χ2n) is 7.99. The molecular formula is C25H24ClN3O4. The molecule has 2 aromatic carbocycles. The average Bonchev–Trinajstić information content (AvgIpc) is 3.35. The number of ketones is 1. The minimum Gasteiger partial charge on any atom is -0.454 e. The quantitative estimate of drug-likeness (QED) is 0.382. The highest BCUT2D eigenvalue weighted by Gasteiger charge is 2.23. The molecule has 2 heterocycles. The number of hydrogen-bond acceptors (Lipinski definition) is 5. The maximum atomic E-state index is 12.7. The summed E-state index contributed by atoms with van der Waals surface area (Å²) in [6, 6.07) is 14.2. The number of esters is 1. The van der Waals surface area contributed by atoms with Gasteiger partial charge in [0.15, 0.2) is 12.4 Å². The van der Waals surface area contributed by atoms with Crippen LogP contribution < -0.4 is 4.90 Å². The molecule has 33 heavy (non-hydrogen) atoms. The Hall–Kier alpha value is -3.45. The van der Waals surface area contributed by atoms with Crippen molar-refractivity contribution in [3.63, 3.8) is 0 Å². The van der Waals surface area contributed by atoms with Gasteiger partial charge >= 0.3 is 5.97 Å². The normalized spacial score (nSPS) is 13.4. The zero-order chi connectivity index (χ0) is 23.5. The Labute approximate surface area is 196 Å². The number of anilines is 1. The van der Waals surface area contributed by atoms with E-state index in [4.69, 9.17) is 16.3 Å². The Kier molecular flexibility index (Phi) is 6.60. The smallest absolute Gasteiger partial charge is 0.342 e. The minimum atomic E-state index is -0.594. The van der Waals surface area contributed by atoms with E-state index in [9.17, 15) is 14.4 Å². The van der Waals surface area contributed by atoms with Crippen LogP contribution in [0.4, 0.5) is 5.69 Å². The second-order valence-corrected chi connectivity index (χ2v) is 8.40. The molecule has 1 saturated heterocycles. The van der Waals surface area contributed by atoms with Crippen LogP contribution in [-0.2, 0) is 16.1 Å². The molecule has 0 spiro atoms. The first-order valence-electron chi connectivity index (χ1n) is 10.7. The van der Waals surface area contributed by atoms with Crippen LogP contribution in [0.2, 0.25) is 5.02 Å². The fraction of sp³-hybridized carbons (Fsp3) is 0.280. The molecule has 1 fully saturated rings. The number of hydrogen-bond donors (Lipinski definition) is 0. The fourth-order valence-corrected chi connectivity index (χ4v) is 4.16. The third-order valence-corrected chi connectivity index (χ3v) is 6.14. The van der Waals surface area contributed by atoms with Gasteiger partial charge < -0.3 is 9.64 Å². The SMILES string of the molecule is Cc1nn(Cc2ccccc2Cl)c(C)c1C(=O)OCC(=O)c1ccc(N2CCCC2=O)cc1. The largest absolute Gasteiger partial charge is 0.454 e. The fourth-order valence-electron chi connectivity index (χ4n) is 3.97. The molecular weight excluding hydrogens is 442 g/mol. The molecule has 1 aromatic heterocycles. The third-order valence-electron chi connectivity index (χ3n) is 5.77. The molecule has 0 bridgehead atoms. The Bertz CT molecular complexity index is 1220. The van der Waals surface area contributed by atoms with E-state index in [2.05, 4.69) is 5.10 Å². The van der Waals surface area contributed by atoms with E-state index in [1.807, 2.05) is 18.2 Å². The van der Waals surface area contributed by atoms with Gasteiger partial charge in [0, 0.05) is 29.2 Å². The van der Waals surface area contributed by atoms with E-state index >= 15 is 0 Å². The number of aromatic nitrogens is 2. The Balaban J connectivity index is 1.40. The number of carbonyl (C=O) groups excluding carboxylic acids is 3. The van der Waals surface area contributed by atoms with Crippen molar-refractivity contribution in [1.29, 1.82) is 0 Å². The summed E-state index contributed by atoms with van der Waals surface area (Å²) in [5, 5.41) is 5.07. The molecule has 0 unspecified atom stereocenters. The van der Waals surface area contributed by atoms with Crippen molar-refractivity contribution in [2.45, 2.75) is 33.2 Å². The number of Topliss-reactive ketones (excluding diaryl/α,β-unsaturated/α-hetero) is 1. The van der Waals surface area contributed by atoms with E-state index in [1.165, 1.54) is 0 Å². The lowest BCUT2D eigenvalue weighted by Gasteiger charge is -2.15. The number of ether oxygens (including phenoxy) is 1. The van der Waals surface area contributed by atoms with E-state index in [0.717, 1.165) is 17.7 Å². The molecule has 7 nitrogen and oxygen atoms in total. The molecule has 4 rings (SSSR count). The van der Waals surface area contributed by atoms with Gasteiger partial charge in [-0.2, -0.15) is 5.10 Å². The lowest BCUT2D eigenvalue weighted by Crippen LogP contribution is -2.23. The van der Waals surface area contributed by atoms with E-state index in [0.29, 0.717) is 47.0 Å². The number of nitrogens with zero attached hydrogens (tertiary/aromatic N) is 3. The van der Waals surface area contributed by atoms with Gasteiger partial charge in [-0.1, -0.05) is 29.8 Å². The van der Waals surface area contributed by atoms with Crippen LogP contribution in [-0.4, -0.2) is 40.6 Å². The molecule has 3 aromatic rings. The molecule has 0 radical (unpaired) electrons. The van der Waals surface area contributed by atoms with Crippen molar-refractivity contribution >= 4 is 34.9 Å². The Morgan fingerprint density at radius 3 is 2.48 bits per heavy atom. The third kappa shape index (κ3) is 4.83. The van der Waals surface area contributed by atoms with Crippen molar-refractivity contribution in [3.8, 4) is 0 Å². The summed E-state index contributed by atoms with van der Waals surface area (Å²) in [5.74, 6) is -0.826. The molecule has 0 aliphatic carbocycles. The standard InChI is InChI=1S/C25H24ClN3O4/c1-16-24(17(2)29(27-16)14-19-6-3-4-7-21(19)26)25(32)33-15-22(30)18-9-11-20(12-10-18)28-13-5-8-23(28)31/h3-4,6-7,9-12H,5,8,13-15H2,1-2H3. The monoisotopic (exact) mass is 465 g/mol.